The molecule has 0 aromatic heterocycles. The van der Waals surface area contributed by atoms with Gasteiger partial charge in [-0.3, -0.25) is 4.99 Å². The molecular weight excluding hydrogens is 194 g/mol. The molecule has 1 heterocycles. The molecule has 1 aliphatic rings. The van der Waals surface area contributed by atoms with Crippen LogP contribution in [-0.2, 0) is 9.59 Å². The molecule has 4 nitrogen and oxygen atoms in total. The minimum atomic E-state index is -1.05. The first kappa shape index (κ1) is 11.6. The number of hydrogen-bond donors (Lipinski definition) is 1. The van der Waals surface area contributed by atoms with Crippen molar-refractivity contribution in [2.75, 3.05) is 0 Å². The largest absolute Gasteiger partial charge is 0.477 e. The Morgan fingerprint density at radius 2 is 2.27 bits per heavy atom. The number of carboxylic acids is 1. The third-order valence-corrected chi connectivity index (χ3v) is 3.15. The molecule has 0 spiro atoms. The summed E-state index contributed by atoms with van der Waals surface area (Å²) in [5.74, 6) is -1.23. The van der Waals surface area contributed by atoms with Gasteiger partial charge in [0.2, 0.25) is 0 Å². The molecule has 0 aromatic carbocycles. The highest BCUT2D eigenvalue weighted by Gasteiger charge is 2.37. The molecule has 1 N–H and O–H groups in total. The van der Waals surface area contributed by atoms with Crippen LogP contribution in [0.25, 0.3) is 0 Å². The number of rotatable bonds is 3. The van der Waals surface area contributed by atoms with Gasteiger partial charge in [0, 0.05) is 11.6 Å². The zero-order valence-corrected chi connectivity index (χ0v) is 9.10. The van der Waals surface area contributed by atoms with Crippen LogP contribution in [0, 0.1) is 17.3 Å². The minimum Gasteiger partial charge on any atom is -0.477 e. The van der Waals surface area contributed by atoms with Gasteiger partial charge < -0.3 is 9.90 Å². The van der Waals surface area contributed by atoms with Crippen molar-refractivity contribution < 1.29 is 14.7 Å². The van der Waals surface area contributed by atoms with Crippen LogP contribution in [0.2, 0.25) is 0 Å². The van der Waals surface area contributed by atoms with Crippen molar-refractivity contribution in [2.24, 2.45) is 22.2 Å². The predicted octanol–water partition coefficient (Wildman–Crippen LogP) is 1.52. The van der Waals surface area contributed by atoms with Gasteiger partial charge in [-0.05, 0) is 12.0 Å². The van der Waals surface area contributed by atoms with Gasteiger partial charge in [-0.1, -0.05) is 20.8 Å². The molecule has 4 heteroatoms. The summed E-state index contributed by atoms with van der Waals surface area (Å²) in [6, 6.07) is 0. The van der Waals surface area contributed by atoms with Crippen molar-refractivity contribution in [3.05, 3.63) is 11.8 Å². The summed E-state index contributed by atoms with van der Waals surface area (Å²) in [6.07, 6.45) is 3.83. The Morgan fingerprint density at radius 3 is 2.67 bits per heavy atom. The number of carbonyl (C=O) groups is 2. The molecule has 1 rings (SSSR count). The molecule has 0 aliphatic carbocycles. The molecule has 0 fully saturated rings. The van der Waals surface area contributed by atoms with Crippen molar-refractivity contribution in [1.82, 2.24) is 0 Å². The fourth-order valence-electron chi connectivity index (χ4n) is 1.60. The third kappa shape index (κ3) is 1.98. The van der Waals surface area contributed by atoms with Crippen LogP contribution in [0.3, 0.4) is 0 Å². The van der Waals surface area contributed by atoms with Crippen molar-refractivity contribution >= 4 is 18.5 Å². The molecule has 0 aromatic rings. The van der Waals surface area contributed by atoms with Crippen molar-refractivity contribution in [1.29, 1.82) is 0 Å². The number of aldehydes is 1. The van der Waals surface area contributed by atoms with Gasteiger partial charge in [-0.15, -0.1) is 0 Å². The maximum Gasteiger partial charge on any atom is 0.354 e. The lowest BCUT2D eigenvalue weighted by molar-refractivity contribution is -0.133. The van der Waals surface area contributed by atoms with Gasteiger partial charge in [-0.2, -0.15) is 0 Å². The monoisotopic (exact) mass is 209 g/mol. The molecule has 82 valence electrons. The minimum absolute atomic E-state index is 0.0179. The quantitative estimate of drug-likeness (QED) is 0.716. The van der Waals surface area contributed by atoms with Crippen LogP contribution >= 0.6 is 0 Å². The first-order valence-electron chi connectivity index (χ1n) is 4.87. The topological polar surface area (TPSA) is 66.7 Å². The number of aliphatic carboxylic acids is 1. The zero-order valence-electron chi connectivity index (χ0n) is 9.10. The number of aliphatic imine (C=N–C) groups is 1. The van der Waals surface area contributed by atoms with E-state index in [0.29, 0.717) is 0 Å². The fourth-order valence-corrected chi connectivity index (χ4v) is 1.60. The Bertz CT molecular complexity index is 344. The molecule has 0 amide bonds. The Kier molecular flexibility index (Phi) is 3.07. The van der Waals surface area contributed by atoms with Crippen molar-refractivity contribution in [2.45, 2.75) is 20.8 Å². The summed E-state index contributed by atoms with van der Waals surface area (Å²) in [5.41, 5.74) is -0.443. The molecule has 0 radical (unpaired) electrons. The molecular formula is C11H15NO3. The van der Waals surface area contributed by atoms with Crippen molar-refractivity contribution in [3.63, 3.8) is 0 Å². The SMILES string of the molecule is CC(C)C1(C)C=C(C(=O)O)N=CC1C=O. The van der Waals surface area contributed by atoms with E-state index in [1.807, 2.05) is 20.8 Å². The number of nitrogens with zero attached hydrogens (tertiary/aromatic N) is 1. The van der Waals surface area contributed by atoms with E-state index in [-0.39, 0.29) is 17.5 Å². The maximum absolute atomic E-state index is 10.9. The summed E-state index contributed by atoms with van der Waals surface area (Å²) in [7, 11) is 0. The molecule has 0 saturated heterocycles. The predicted molar refractivity (Wildman–Crippen MR) is 56.7 cm³/mol. The van der Waals surface area contributed by atoms with E-state index < -0.39 is 11.4 Å². The summed E-state index contributed by atoms with van der Waals surface area (Å²) in [4.78, 5) is 25.4. The highest BCUT2D eigenvalue weighted by molar-refractivity contribution is 5.93. The smallest absolute Gasteiger partial charge is 0.354 e. The van der Waals surface area contributed by atoms with E-state index in [9.17, 15) is 9.59 Å². The molecule has 0 saturated carbocycles. The average molecular weight is 209 g/mol. The zero-order chi connectivity index (χ0) is 11.6. The van der Waals surface area contributed by atoms with Gasteiger partial charge in [0.25, 0.3) is 0 Å². The van der Waals surface area contributed by atoms with Crippen molar-refractivity contribution in [3.8, 4) is 0 Å². The lowest BCUT2D eigenvalue weighted by Crippen LogP contribution is -2.36. The van der Waals surface area contributed by atoms with Gasteiger partial charge in [-0.25, -0.2) is 4.79 Å². The highest BCUT2D eigenvalue weighted by atomic mass is 16.4. The van der Waals surface area contributed by atoms with Gasteiger partial charge in [0.15, 0.2) is 0 Å². The summed E-state index contributed by atoms with van der Waals surface area (Å²) in [6.45, 7) is 5.81. The van der Waals surface area contributed by atoms with Crippen LogP contribution in [0.5, 0.6) is 0 Å². The van der Waals surface area contributed by atoms with Crippen LogP contribution in [0.15, 0.2) is 16.8 Å². The lowest BCUT2D eigenvalue weighted by Gasteiger charge is -2.36. The number of carboxylic acid groups (broad SMARTS) is 1. The van der Waals surface area contributed by atoms with Gasteiger partial charge in [0.05, 0.1) is 5.92 Å². The number of carbonyl (C=O) groups excluding carboxylic acids is 1. The van der Waals surface area contributed by atoms with E-state index in [2.05, 4.69) is 4.99 Å². The Balaban J connectivity index is 3.15. The average Bonchev–Trinajstić information content (AvgIpc) is 2.17. The van der Waals surface area contributed by atoms with Gasteiger partial charge in [0.1, 0.15) is 12.0 Å². The normalized spacial score (nSPS) is 30.1. The Morgan fingerprint density at radius 1 is 1.67 bits per heavy atom. The number of allylic oxidation sites excluding steroid dienone is 1. The van der Waals surface area contributed by atoms with Crippen LogP contribution in [-0.4, -0.2) is 23.6 Å². The highest BCUT2D eigenvalue weighted by Crippen LogP contribution is 2.38. The van der Waals surface area contributed by atoms with E-state index in [1.54, 1.807) is 6.08 Å². The van der Waals surface area contributed by atoms with Crippen LogP contribution in [0.4, 0.5) is 0 Å². The molecule has 1 aliphatic heterocycles. The van der Waals surface area contributed by atoms with Crippen LogP contribution < -0.4 is 0 Å². The first-order chi connectivity index (χ1) is 6.91. The first-order valence-corrected chi connectivity index (χ1v) is 4.87. The second-order valence-corrected chi connectivity index (χ2v) is 4.30. The summed E-state index contributed by atoms with van der Waals surface area (Å²) in [5, 5.41) is 8.84. The van der Waals surface area contributed by atoms with Crippen LogP contribution in [0.1, 0.15) is 20.8 Å². The molecule has 0 bridgehead atoms. The third-order valence-electron chi connectivity index (χ3n) is 3.15. The van der Waals surface area contributed by atoms with E-state index in [1.165, 1.54) is 6.21 Å². The molecule has 15 heavy (non-hydrogen) atoms. The second kappa shape index (κ2) is 3.96. The summed E-state index contributed by atoms with van der Waals surface area (Å²) >= 11 is 0. The second-order valence-electron chi connectivity index (χ2n) is 4.30. The van der Waals surface area contributed by atoms with E-state index >= 15 is 0 Å². The number of hydrogen-bond acceptors (Lipinski definition) is 3. The van der Waals surface area contributed by atoms with Gasteiger partial charge >= 0.3 is 5.97 Å². The maximum atomic E-state index is 10.9. The fraction of sp³-hybridized carbons (Fsp3) is 0.545. The Hall–Kier alpha value is -1.45. The van der Waals surface area contributed by atoms with E-state index in [0.717, 1.165) is 6.29 Å². The molecule has 2 unspecified atom stereocenters. The standard InChI is InChI=1S/C11H15NO3/c1-7(2)11(3)4-9(10(14)15)12-5-8(11)6-13/h4-8H,1-3H3,(H,14,15). The summed E-state index contributed by atoms with van der Waals surface area (Å²) < 4.78 is 0. The van der Waals surface area contributed by atoms with E-state index in [4.69, 9.17) is 5.11 Å². The Labute approximate surface area is 88.7 Å². The molecule has 2 atom stereocenters. The lowest BCUT2D eigenvalue weighted by atomic mass is 9.68.